The highest BCUT2D eigenvalue weighted by atomic mass is 19.4. The summed E-state index contributed by atoms with van der Waals surface area (Å²) in [5.41, 5.74) is -6.87. The SMILES string of the molecule is FC(F)(F)c1cc(NCc2cccc(CNc3cc(C(F)(F)F)cc(C(F)(F)F)c3)n2)cc(C(F)(F)F)c1. The highest BCUT2D eigenvalue weighted by Crippen LogP contribution is 2.39. The minimum atomic E-state index is -5.04. The highest BCUT2D eigenvalue weighted by Gasteiger charge is 2.38. The Balaban J connectivity index is 1.77. The highest BCUT2D eigenvalue weighted by molar-refractivity contribution is 5.52. The number of pyridine rings is 1. The number of nitrogens with zero attached hydrogens (tertiary/aromatic N) is 1. The van der Waals surface area contributed by atoms with Crippen LogP contribution in [-0.4, -0.2) is 4.98 Å². The van der Waals surface area contributed by atoms with Gasteiger partial charge in [-0.25, -0.2) is 0 Å². The Morgan fingerprint density at radius 2 is 0.763 bits per heavy atom. The van der Waals surface area contributed by atoms with Gasteiger partial charge in [-0.15, -0.1) is 0 Å². The molecule has 0 bridgehead atoms. The van der Waals surface area contributed by atoms with E-state index in [1.807, 2.05) is 0 Å². The molecule has 0 aliphatic rings. The predicted molar refractivity (Wildman–Crippen MR) is 112 cm³/mol. The van der Waals surface area contributed by atoms with E-state index >= 15 is 0 Å². The van der Waals surface area contributed by atoms with Crippen LogP contribution in [0.4, 0.5) is 64.1 Å². The second-order valence-corrected chi connectivity index (χ2v) is 7.92. The Hall–Kier alpha value is -3.65. The molecule has 2 aromatic carbocycles. The van der Waals surface area contributed by atoms with Gasteiger partial charge in [0.15, 0.2) is 0 Å². The van der Waals surface area contributed by atoms with Crippen LogP contribution in [-0.2, 0) is 37.8 Å². The molecule has 206 valence electrons. The third-order valence-corrected chi connectivity index (χ3v) is 4.99. The number of hydrogen-bond acceptors (Lipinski definition) is 3. The first-order chi connectivity index (χ1) is 17.3. The topological polar surface area (TPSA) is 37.0 Å². The molecular formula is C23H15F12N3. The lowest BCUT2D eigenvalue weighted by Gasteiger charge is -2.16. The van der Waals surface area contributed by atoms with Crippen molar-refractivity contribution < 1.29 is 52.7 Å². The predicted octanol–water partition coefficient (Wildman–Crippen LogP) is 8.38. The summed E-state index contributed by atoms with van der Waals surface area (Å²) in [6.07, 6.45) is -20.2. The average molecular weight is 561 g/mol. The van der Waals surface area contributed by atoms with Gasteiger partial charge in [-0.05, 0) is 48.5 Å². The van der Waals surface area contributed by atoms with Gasteiger partial charge in [0.05, 0.1) is 46.7 Å². The first-order valence-corrected chi connectivity index (χ1v) is 10.3. The molecule has 0 saturated heterocycles. The Morgan fingerprint density at radius 1 is 0.474 bits per heavy atom. The number of hydrogen-bond donors (Lipinski definition) is 2. The van der Waals surface area contributed by atoms with Gasteiger partial charge in [-0.3, -0.25) is 4.98 Å². The number of benzene rings is 2. The first kappa shape index (κ1) is 28.9. The summed E-state index contributed by atoms with van der Waals surface area (Å²) in [5, 5.41) is 4.80. The Morgan fingerprint density at radius 3 is 1.03 bits per heavy atom. The van der Waals surface area contributed by atoms with Crippen LogP contribution in [0.2, 0.25) is 0 Å². The van der Waals surface area contributed by atoms with Crippen LogP contribution in [0, 0.1) is 0 Å². The monoisotopic (exact) mass is 561 g/mol. The number of alkyl halides is 12. The van der Waals surface area contributed by atoms with Crippen LogP contribution in [0.25, 0.3) is 0 Å². The van der Waals surface area contributed by atoms with Crippen LogP contribution in [0.15, 0.2) is 54.6 Å². The minimum Gasteiger partial charge on any atom is -0.379 e. The summed E-state index contributed by atoms with van der Waals surface area (Å²) in [6, 6.07) is 5.96. The quantitative estimate of drug-likeness (QED) is 0.297. The molecule has 3 aromatic rings. The molecule has 0 amide bonds. The van der Waals surface area contributed by atoms with Gasteiger partial charge in [-0.2, -0.15) is 52.7 Å². The molecule has 2 N–H and O–H groups in total. The molecule has 15 heteroatoms. The molecular weight excluding hydrogens is 546 g/mol. The van der Waals surface area contributed by atoms with E-state index in [0.717, 1.165) is 0 Å². The number of anilines is 2. The summed E-state index contributed by atoms with van der Waals surface area (Å²) >= 11 is 0. The van der Waals surface area contributed by atoms with E-state index in [1.54, 1.807) is 0 Å². The van der Waals surface area contributed by atoms with Gasteiger partial charge in [0.25, 0.3) is 0 Å². The van der Waals surface area contributed by atoms with Crippen molar-refractivity contribution in [3.05, 3.63) is 88.2 Å². The zero-order chi connectivity index (χ0) is 28.5. The second kappa shape index (κ2) is 10.3. The molecule has 0 unspecified atom stereocenters. The largest absolute Gasteiger partial charge is 0.416 e. The van der Waals surface area contributed by atoms with Crippen molar-refractivity contribution in [2.45, 2.75) is 37.8 Å². The van der Waals surface area contributed by atoms with Crippen LogP contribution in [0.5, 0.6) is 0 Å². The molecule has 0 saturated carbocycles. The Bertz CT molecular complexity index is 1120. The number of rotatable bonds is 6. The van der Waals surface area contributed by atoms with Crippen LogP contribution in [0.1, 0.15) is 33.6 Å². The van der Waals surface area contributed by atoms with Gasteiger partial charge >= 0.3 is 24.7 Å². The van der Waals surface area contributed by atoms with E-state index in [4.69, 9.17) is 0 Å². The fourth-order valence-corrected chi connectivity index (χ4v) is 3.23. The fourth-order valence-electron chi connectivity index (χ4n) is 3.23. The molecule has 0 aliphatic heterocycles. The van der Waals surface area contributed by atoms with Gasteiger partial charge in [0, 0.05) is 11.4 Å². The van der Waals surface area contributed by atoms with Gasteiger partial charge in [0.1, 0.15) is 0 Å². The van der Waals surface area contributed by atoms with Crippen molar-refractivity contribution >= 4 is 11.4 Å². The van der Waals surface area contributed by atoms with Crippen molar-refractivity contribution in [2.24, 2.45) is 0 Å². The average Bonchev–Trinajstić information content (AvgIpc) is 2.79. The minimum absolute atomic E-state index is 0.0340. The summed E-state index contributed by atoms with van der Waals surface area (Å²) in [7, 11) is 0. The van der Waals surface area contributed by atoms with Crippen molar-refractivity contribution in [1.29, 1.82) is 0 Å². The zero-order valence-electron chi connectivity index (χ0n) is 18.6. The van der Waals surface area contributed by atoms with E-state index < -0.39 is 58.3 Å². The Labute approximate surface area is 206 Å². The lowest BCUT2D eigenvalue weighted by molar-refractivity contribution is -0.144. The standard InChI is InChI=1S/C23H15F12N3/c24-20(25,26)12-4-13(21(27,28)29)7-18(6-12)36-10-16-2-1-3-17(38-16)11-37-19-8-14(22(30,31)32)5-15(9-19)23(33,34)35/h1-9,36-37H,10-11H2. The molecule has 0 radical (unpaired) electrons. The maximum Gasteiger partial charge on any atom is 0.416 e. The van der Waals surface area contributed by atoms with Gasteiger partial charge < -0.3 is 10.6 Å². The van der Waals surface area contributed by atoms with Gasteiger partial charge in [0.2, 0.25) is 0 Å². The molecule has 1 heterocycles. The van der Waals surface area contributed by atoms with Crippen molar-refractivity contribution in [3.63, 3.8) is 0 Å². The molecule has 0 atom stereocenters. The molecule has 0 aliphatic carbocycles. The van der Waals surface area contributed by atoms with Crippen LogP contribution < -0.4 is 10.6 Å². The summed E-state index contributed by atoms with van der Waals surface area (Å²) in [5.74, 6) is 0. The van der Waals surface area contributed by atoms with Crippen molar-refractivity contribution in [2.75, 3.05) is 10.6 Å². The smallest absolute Gasteiger partial charge is 0.379 e. The normalized spacial score (nSPS) is 12.9. The summed E-state index contributed by atoms with van der Waals surface area (Å²) in [4.78, 5) is 4.07. The summed E-state index contributed by atoms with van der Waals surface area (Å²) in [6.45, 7) is -0.678. The fraction of sp³-hybridized carbons (Fsp3) is 0.261. The maximum absolute atomic E-state index is 13.0. The lowest BCUT2D eigenvalue weighted by Crippen LogP contribution is -2.13. The van der Waals surface area contributed by atoms with E-state index in [9.17, 15) is 52.7 Å². The number of aromatic nitrogens is 1. The molecule has 38 heavy (non-hydrogen) atoms. The van der Waals surface area contributed by atoms with E-state index in [0.29, 0.717) is 24.3 Å². The Kier molecular flexibility index (Phi) is 7.80. The number of nitrogens with one attached hydrogen (secondary N) is 2. The lowest BCUT2D eigenvalue weighted by atomic mass is 10.1. The van der Waals surface area contributed by atoms with E-state index in [1.165, 1.54) is 18.2 Å². The third kappa shape index (κ3) is 7.68. The molecule has 1 aromatic heterocycles. The first-order valence-electron chi connectivity index (χ1n) is 10.3. The zero-order valence-corrected chi connectivity index (χ0v) is 18.6. The van der Waals surface area contributed by atoms with E-state index in [-0.39, 0.29) is 36.6 Å². The second-order valence-electron chi connectivity index (χ2n) is 7.92. The third-order valence-electron chi connectivity index (χ3n) is 4.99. The van der Waals surface area contributed by atoms with E-state index in [2.05, 4.69) is 15.6 Å². The molecule has 3 nitrogen and oxygen atoms in total. The summed E-state index contributed by atoms with van der Waals surface area (Å²) < 4.78 is 156. The number of halogens is 12. The molecule has 3 rings (SSSR count). The molecule has 0 spiro atoms. The van der Waals surface area contributed by atoms with Crippen molar-refractivity contribution in [1.82, 2.24) is 4.98 Å². The molecule has 0 fully saturated rings. The van der Waals surface area contributed by atoms with Crippen molar-refractivity contribution in [3.8, 4) is 0 Å². The van der Waals surface area contributed by atoms with Gasteiger partial charge in [-0.1, -0.05) is 6.07 Å². The maximum atomic E-state index is 13.0. The van der Waals surface area contributed by atoms with Crippen LogP contribution >= 0.6 is 0 Å². The van der Waals surface area contributed by atoms with Crippen LogP contribution in [0.3, 0.4) is 0 Å².